The van der Waals surface area contributed by atoms with Gasteiger partial charge in [-0.1, -0.05) is 42.5 Å². The minimum absolute atomic E-state index is 0.00153. The lowest BCUT2D eigenvalue weighted by molar-refractivity contribution is 1.01. The molecule has 0 radical (unpaired) electrons. The molecule has 128 valence electrons. The molecule has 2 heterocycles. The standard InChI is InChI=1S/C21H15Br2N3/c22-20-13-14-7-1-3-9-16(14)25(20)18-11-5-6-12-19(18)26-17-10-4-2-8-15(17)24-21(26)23/h1-13,21,24H. The number of nitrogens with zero attached hydrogens (tertiary/aromatic N) is 2. The summed E-state index contributed by atoms with van der Waals surface area (Å²) in [4.78, 5) is 2.28. The third-order valence-electron chi connectivity index (χ3n) is 4.71. The molecule has 0 spiro atoms. The van der Waals surface area contributed by atoms with Gasteiger partial charge in [-0.25, -0.2) is 0 Å². The number of para-hydroxylation sites is 5. The second kappa shape index (κ2) is 6.18. The summed E-state index contributed by atoms with van der Waals surface area (Å²) in [6.07, 6.45) is 0. The fraction of sp³-hybridized carbons (Fsp3) is 0.0476. The van der Waals surface area contributed by atoms with Gasteiger partial charge in [-0.2, -0.15) is 0 Å². The summed E-state index contributed by atoms with van der Waals surface area (Å²) < 4.78 is 3.29. The average Bonchev–Trinajstić information content (AvgIpc) is 3.17. The molecule has 1 aromatic heterocycles. The predicted octanol–water partition coefficient (Wildman–Crippen LogP) is 6.64. The molecule has 0 aliphatic carbocycles. The van der Waals surface area contributed by atoms with Crippen LogP contribution in [0.4, 0.5) is 17.1 Å². The van der Waals surface area contributed by atoms with Crippen LogP contribution in [0.1, 0.15) is 0 Å². The minimum Gasteiger partial charge on any atom is -0.354 e. The highest BCUT2D eigenvalue weighted by Crippen LogP contribution is 2.44. The quantitative estimate of drug-likeness (QED) is 0.263. The molecule has 4 aromatic rings. The molecule has 3 aromatic carbocycles. The van der Waals surface area contributed by atoms with Crippen molar-refractivity contribution in [3.8, 4) is 5.69 Å². The Balaban J connectivity index is 1.76. The Hall–Kier alpha value is -2.24. The van der Waals surface area contributed by atoms with Crippen LogP contribution in [0.25, 0.3) is 16.6 Å². The van der Waals surface area contributed by atoms with E-state index in [1.165, 1.54) is 10.9 Å². The van der Waals surface area contributed by atoms with E-state index in [1.807, 2.05) is 0 Å². The maximum atomic E-state index is 3.78. The predicted molar refractivity (Wildman–Crippen MR) is 116 cm³/mol. The zero-order valence-electron chi connectivity index (χ0n) is 13.7. The van der Waals surface area contributed by atoms with E-state index in [2.05, 4.69) is 126 Å². The van der Waals surface area contributed by atoms with Gasteiger partial charge < -0.3 is 14.8 Å². The molecule has 0 amide bonds. The molecule has 26 heavy (non-hydrogen) atoms. The first-order valence-corrected chi connectivity index (χ1v) is 10.1. The fourth-order valence-corrected chi connectivity index (χ4v) is 4.91. The van der Waals surface area contributed by atoms with Crippen molar-refractivity contribution in [3.05, 3.63) is 83.5 Å². The highest BCUT2D eigenvalue weighted by atomic mass is 79.9. The van der Waals surface area contributed by atoms with Crippen LogP contribution in [0.3, 0.4) is 0 Å². The molecule has 5 heteroatoms. The van der Waals surface area contributed by atoms with Crippen molar-refractivity contribution < 1.29 is 0 Å². The molecule has 0 fully saturated rings. The molecule has 0 saturated heterocycles. The summed E-state index contributed by atoms with van der Waals surface area (Å²) >= 11 is 7.53. The maximum Gasteiger partial charge on any atom is 0.161 e. The minimum atomic E-state index is 0.00153. The molecule has 1 atom stereocenters. The molecular formula is C21H15Br2N3. The van der Waals surface area contributed by atoms with Crippen LogP contribution < -0.4 is 10.2 Å². The highest BCUT2D eigenvalue weighted by Gasteiger charge is 2.29. The Labute approximate surface area is 168 Å². The first-order valence-electron chi connectivity index (χ1n) is 8.38. The van der Waals surface area contributed by atoms with E-state index in [4.69, 9.17) is 0 Å². The fourth-order valence-electron chi connectivity index (χ4n) is 3.60. The van der Waals surface area contributed by atoms with E-state index < -0.39 is 0 Å². The molecular weight excluding hydrogens is 454 g/mol. The van der Waals surface area contributed by atoms with Gasteiger partial charge in [0, 0.05) is 5.39 Å². The molecule has 1 unspecified atom stereocenters. The van der Waals surface area contributed by atoms with Gasteiger partial charge in [-0.15, -0.1) is 0 Å². The second-order valence-electron chi connectivity index (χ2n) is 6.22. The summed E-state index contributed by atoms with van der Waals surface area (Å²) in [5, 5.41) is 4.71. The number of benzene rings is 3. The van der Waals surface area contributed by atoms with Crippen LogP contribution in [-0.4, -0.2) is 9.64 Å². The highest BCUT2D eigenvalue weighted by molar-refractivity contribution is 9.10. The number of nitrogens with one attached hydrogen (secondary N) is 1. The Kier molecular flexibility index (Phi) is 3.80. The smallest absolute Gasteiger partial charge is 0.161 e. The number of alkyl halides is 1. The third kappa shape index (κ3) is 2.38. The first-order chi connectivity index (χ1) is 12.7. The largest absolute Gasteiger partial charge is 0.354 e. The lowest BCUT2D eigenvalue weighted by atomic mass is 10.2. The number of hydrogen-bond donors (Lipinski definition) is 1. The zero-order valence-corrected chi connectivity index (χ0v) is 16.9. The number of halogens is 2. The van der Waals surface area contributed by atoms with Crippen molar-refractivity contribution in [2.45, 2.75) is 5.08 Å². The van der Waals surface area contributed by atoms with Crippen LogP contribution in [-0.2, 0) is 0 Å². The lowest BCUT2D eigenvalue weighted by Crippen LogP contribution is -2.26. The molecule has 1 aliphatic rings. The van der Waals surface area contributed by atoms with Crippen molar-refractivity contribution in [2.75, 3.05) is 10.2 Å². The molecule has 0 bridgehead atoms. The Morgan fingerprint density at radius 3 is 2.27 bits per heavy atom. The lowest BCUT2D eigenvalue weighted by Gasteiger charge is -2.26. The summed E-state index contributed by atoms with van der Waals surface area (Å²) in [6, 6.07) is 27.5. The van der Waals surface area contributed by atoms with Gasteiger partial charge in [0.15, 0.2) is 5.08 Å². The number of aromatic nitrogens is 1. The monoisotopic (exact) mass is 467 g/mol. The molecule has 0 saturated carbocycles. The summed E-state index contributed by atoms with van der Waals surface area (Å²) in [5.41, 5.74) is 5.73. The van der Waals surface area contributed by atoms with Gasteiger partial charge in [0.05, 0.1) is 32.9 Å². The first kappa shape index (κ1) is 16.0. The van der Waals surface area contributed by atoms with Crippen LogP contribution in [0.15, 0.2) is 83.5 Å². The van der Waals surface area contributed by atoms with Crippen molar-refractivity contribution in [2.24, 2.45) is 0 Å². The van der Waals surface area contributed by atoms with Crippen LogP contribution in [0.5, 0.6) is 0 Å². The maximum absolute atomic E-state index is 3.78. The summed E-state index contributed by atoms with van der Waals surface area (Å²) in [7, 11) is 0. The van der Waals surface area contributed by atoms with E-state index in [-0.39, 0.29) is 5.08 Å². The van der Waals surface area contributed by atoms with E-state index in [0.717, 1.165) is 27.4 Å². The van der Waals surface area contributed by atoms with E-state index in [9.17, 15) is 0 Å². The van der Waals surface area contributed by atoms with E-state index >= 15 is 0 Å². The second-order valence-corrected chi connectivity index (χ2v) is 7.90. The third-order valence-corrected chi connectivity index (χ3v) is 5.93. The summed E-state index contributed by atoms with van der Waals surface area (Å²) in [5.74, 6) is 0. The van der Waals surface area contributed by atoms with Gasteiger partial charge in [-0.3, -0.25) is 0 Å². The van der Waals surface area contributed by atoms with Gasteiger partial charge in [0.1, 0.15) is 0 Å². The molecule has 3 nitrogen and oxygen atoms in total. The normalized spacial score (nSPS) is 15.9. The van der Waals surface area contributed by atoms with Gasteiger partial charge in [-0.05, 0) is 68.3 Å². The molecule has 1 N–H and O–H groups in total. The topological polar surface area (TPSA) is 20.2 Å². The van der Waals surface area contributed by atoms with Crippen molar-refractivity contribution >= 4 is 59.8 Å². The van der Waals surface area contributed by atoms with Crippen molar-refractivity contribution in [1.29, 1.82) is 0 Å². The Morgan fingerprint density at radius 1 is 0.769 bits per heavy atom. The van der Waals surface area contributed by atoms with Crippen LogP contribution in [0.2, 0.25) is 0 Å². The van der Waals surface area contributed by atoms with Crippen LogP contribution in [0, 0.1) is 0 Å². The Morgan fingerprint density at radius 2 is 1.42 bits per heavy atom. The van der Waals surface area contributed by atoms with Crippen molar-refractivity contribution in [1.82, 2.24) is 4.57 Å². The number of anilines is 3. The number of hydrogen-bond acceptors (Lipinski definition) is 2. The average molecular weight is 469 g/mol. The van der Waals surface area contributed by atoms with Gasteiger partial charge in [0.2, 0.25) is 0 Å². The van der Waals surface area contributed by atoms with Gasteiger partial charge in [0.25, 0.3) is 0 Å². The summed E-state index contributed by atoms with van der Waals surface area (Å²) in [6.45, 7) is 0. The zero-order chi connectivity index (χ0) is 17.7. The Bertz CT molecular complexity index is 1120. The SMILES string of the molecule is Brc1cc2ccccc2n1-c1ccccc1N1c2ccccc2NC1Br. The number of fused-ring (bicyclic) bond motifs is 2. The molecule has 1 aliphatic heterocycles. The van der Waals surface area contributed by atoms with Crippen molar-refractivity contribution in [3.63, 3.8) is 0 Å². The number of rotatable bonds is 2. The van der Waals surface area contributed by atoms with Gasteiger partial charge >= 0.3 is 0 Å². The van der Waals surface area contributed by atoms with E-state index in [0.29, 0.717) is 0 Å². The van der Waals surface area contributed by atoms with E-state index in [1.54, 1.807) is 0 Å². The van der Waals surface area contributed by atoms with Crippen LogP contribution >= 0.6 is 31.9 Å². The molecule has 5 rings (SSSR count).